The molecule has 4 nitrogen and oxygen atoms in total. The fourth-order valence-electron chi connectivity index (χ4n) is 1.67. The Kier molecular flexibility index (Phi) is 2.41. The Morgan fingerprint density at radius 1 is 1.00 bits per heavy atom. The summed E-state index contributed by atoms with van der Waals surface area (Å²) in [5, 5.41) is 0.902. The molecule has 0 radical (unpaired) electrons. The molecule has 0 fully saturated rings. The summed E-state index contributed by atoms with van der Waals surface area (Å²) in [4.78, 5) is 3.11. The summed E-state index contributed by atoms with van der Waals surface area (Å²) in [6.45, 7) is 0. The molecular formula is C11H13NO3. The summed E-state index contributed by atoms with van der Waals surface area (Å²) >= 11 is 0. The van der Waals surface area contributed by atoms with Crippen molar-refractivity contribution in [1.82, 2.24) is 4.98 Å². The quantitative estimate of drug-likeness (QED) is 0.839. The normalized spacial score (nSPS) is 10.3. The largest absolute Gasteiger partial charge is 0.496 e. The summed E-state index contributed by atoms with van der Waals surface area (Å²) in [5.74, 6) is 2.05. The number of hydrogen-bond acceptors (Lipinski definition) is 3. The van der Waals surface area contributed by atoms with Crippen LogP contribution in [0.1, 0.15) is 0 Å². The minimum absolute atomic E-state index is 0.608. The van der Waals surface area contributed by atoms with Gasteiger partial charge in [-0.15, -0.1) is 0 Å². The van der Waals surface area contributed by atoms with Gasteiger partial charge in [-0.2, -0.15) is 0 Å². The van der Waals surface area contributed by atoms with Crippen molar-refractivity contribution in [2.75, 3.05) is 21.3 Å². The number of rotatable bonds is 3. The SMILES string of the molecule is COc1[nH]c2cccc(OC)c2c1OC. The molecule has 4 heteroatoms. The second kappa shape index (κ2) is 3.73. The topological polar surface area (TPSA) is 43.5 Å². The van der Waals surface area contributed by atoms with Crippen molar-refractivity contribution in [3.63, 3.8) is 0 Å². The number of benzene rings is 1. The second-order valence-electron chi connectivity index (χ2n) is 3.07. The molecule has 80 valence electrons. The number of fused-ring (bicyclic) bond motifs is 1. The fourth-order valence-corrected chi connectivity index (χ4v) is 1.67. The lowest BCUT2D eigenvalue weighted by Gasteiger charge is -2.04. The fraction of sp³-hybridized carbons (Fsp3) is 0.273. The van der Waals surface area contributed by atoms with Gasteiger partial charge < -0.3 is 19.2 Å². The summed E-state index contributed by atoms with van der Waals surface area (Å²) in [6.07, 6.45) is 0. The predicted molar refractivity (Wildman–Crippen MR) is 58.0 cm³/mol. The summed E-state index contributed by atoms with van der Waals surface area (Å²) < 4.78 is 15.8. The molecule has 0 bridgehead atoms. The molecule has 2 rings (SSSR count). The Hall–Kier alpha value is -1.84. The zero-order valence-electron chi connectivity index (χ0n) is 8.96. The van der Waals surface area contributed by atoms with Crippen LogP contribution in [-0.4, -0.2) is 26.3 Å². The molecule has 1 aromatic heterocycles. The zero-order valence-corrected chi connectivity index (χ0v) is 8.96. The Balaban J connectivity index is 2.78. The minimum Gasteiger partial charge on any atom is -0.496 e. The standard InChI is InChI=1S/C11H13NO3/c1-13-8-6-4-5-7-9(8)10(14-2)11(12-7)15-3/h4-6,12H,1-3H3. The number of ether oxygens (including phenoxy) is 3. The van der Waals surface area contributed by atoms with Crippen molar-refractivity contribution in [2.24, 2.45) is 0 Å². The van der Waals surface area contributed by atoms with Gasteiger partial charge in [0.15, 0.2) is 5.75 Å². The lowest BCUT2D eigenvalue weighted by molar-refractivity contribution is 0.349. The number of nitrogens with one attached hydrogen (secondary N) is 1. The molecule has 1 heterocycles. The van der Waals surface area contributed by atoms with E-state index >= 15 is 0 Å². The van der Waals surface area contributed by atoms with Gasteiger partial charge in [-0.25, -0.2) is 0 Å². The highest BCUT2D eigenvalue weighted by molar-refractivity contribution is 5.94. The van der Waals surface area contributed by atoms with Gasteiger partial charge in [0.1, 0.15) is 5.75 Å². The molecule has 0 atom stereocenters. The summed E-state index contributed by atoms with van der Waals surface area (Å²) in [6, 6.07) is 5.75. The summed E-state index contributed by atoms with van der Waals surface area (Å²) in [5.41, 5.74) is 0.933. The lowest BCUT2D eigenvalue weighted by Crippen LogP contribution is -1.88. The van der Waals surface area contributed by atoms with Crippen LogP contribution >= 0.6 is 0 Å². The highest BCUT2D eigenvalue weighted by atomic mass is 16.5. The van der Waals surface area contributed by atoms with Crippen LogP contribution in [0.2, 0.25) is 0 Å². The van der Waals surface area contributed by atoms with Crippen LogP contribution in [-0.2, 0) is 0 Å². The van der Waals surface area contributed by atoms with E-state index < -0.39 is 0 Å². The summed E-state index contributed by atoms with van der Waals surface area (Å²) in [7, 11) is 4.84. The number of hydrogen-bond donors (Lipinski definition) is 1. The van der Waals surface area contributed by atoms with Crippen molar-refractivity contribution in [3.8, 4) is 17.4 Å². The Bertz CT molecular complexity index is 476. The van der Waals surface area contributed by atoms with E-state index in [1.165, 1.54) is 0 Å². The second-order valence-corrected chi connectivity index (χ2v) is 3.07. The van der Waals surface area contributed by atoms with Crippen LogP contribution in [0.4, 0.5) is 0 Å². The van der Waals surface area contributed by atoms with Crippen molar-refractivity contribution < 1.29 is 14.2 Å². The van der Waals surface area contributed by atoms with Gasteiger partial charge in [0.2, 0.25) is 5.88 Å². The van der Waals surface area contributed by atoms with Gasteiger partial charge in [0.05, 0.1) is 32.2 Å². The van der Waals surface area contributed by atoms with Crippen LogP contribution in [0.5, 0.6) is 17.4 Å². The third-order valence-electron chi connectivity index (χ3n) is 2.34. The van der Waals surface area contributed by atoms with E-state index in [1.807, 2.05) is 18.2 Å². The number of H-pyrrole nitrogens is 1. The number of aromatic amines is 1. The van der Waals surface area contributed by atoms with Crippen molar-refractivity contribution in [3.05, 3.63) is 18.2 Å². The molecule has 1 aromatic carbocycles. The molecule has 1 N–H and O–H groups in total. The van der Waals surface area contributed by atoms with E-state index in [2.05, 4.69) is 4.98 Å². The average Bonchev–Trinajstić information content (AvgIpc) is 2.66. The van der Waals surface area contributed by atoms with Gasteiger partial charge in [-0.3, -0.25) is 0 Å². The van der Waals surface area contributed by atoms with E-state index in [9.17, 15) is 0 Å². The van der Waals surface area contributed by atoms with E-state index in [0.29, 0.717) is 11.6 Å². The maximum Gasteiger partial charge on any atom is 0.235 e. The molecule has 15 heavy (non-hydrogen) atoms. The van der Waals surface area contributed by atoms with Gasteiger partial charge in [0, 0.05) is 0 Å². The van der Waals surface area contributed by atoms with E-state index in [-0.39, 0.29) is 0 Å². The van der Waals surface area contributed by atoms with Crippen LogP contribution in [0.25, 0.3) is 10.9 Å². The van der Waals surface area contributed by atoms with Crippen LogP contribution in [0, 0.1) is 0 Å². The van der Waals surface area contributed by atoms with Crippen molar-refractivity contribution >= 4 is 10.9 Å². The molecule has 0 spiro atoms. The highest BCUT2D eigenvalue weighted by Gasteiger charge is 2.15. The first kappa shape index (κ1) is 9.71. The van der Waals surface area contributed by atoms with E-state index in [1.54, 1.807) is 21.3 Å². The third-order valence-corrected chi connectivity index (χ3v) is 2.34. The maximum absolute atomic E-state index is 5.30. The van der Waals surface area contributed by atoms with Crippen molar-refractivity contribution in [2.45, 2.75) is 0 Å². The molecule has 2 aromatic rings. The maximum atomic E-state index is 5.30. The predicted octanol–water partition coefficient (Wildman–Crippen LogP) is 2.19. The molecule has 0 amide bonds. The smallest absolute Gasteiger partial charge is 0.235 e. The average molecular weight is 207 g/mol. The Morgan fingerprint density at radius 3 is 2.40 bits per heavy atom. The zero-order chi connectivity index (χ0) is 10.8. The molecule has 0 unspecified atom stereocenters. The number of aromatic nitrogens is 1. The lowest BCUT2D eigenvalue weighted by atomic mass is 10.2. The van der Waals surface area contributed by atoms with Gasteiger partial charge in [-0.05, 0) is 12.1 Å². The van der Waals surface area contributed by atoms with E-state index in [4.69, 9.17) is 14.2 Å². The molecule has 0 saturated carbocycles. The van der Waals surface area contributed by atoms with E-state index in [0.717, 1.165) is 16.7 Å². The number of methoxy groups -OCH3 is 3. The van der Waals surface area contributed by atoms with Gasteiger partial charge >= 0.3 is 0 Å². The van der Waals surface area contributed by atoms with Gasteiger partial charge in [-0.1, -0.05) is 6.07 Å². The minimum atomic E-state index is 0.608. The molecule has 0 aliphatic heterocycles. The molecule has 0 aliphatic rings. The van der Waals surface area contributed by atoms with Crippen molar-refractivity contribution in [1.29, 1.82) is 0 Å². The Labute approximate surface area is 87.8 Å². The monoisotopic (exact) mass is 207 g/mol. The van der Waals surface area contributed by atoms with Crippen LogP contribution in [0.3, 0.4) is 0 Å². The van der Waals surface area contributed by atoms with Gasteiger partial charge in [0.25, 0.3) is 0 Å². The van der Waals surface area contributed by atoms with Crippen LogP contribution < -0.4 is 14.2 Å². The van der Waals surface area contributed by atoms with Crippen LogP contribution in [0.15, 0.2) is 18.2 Å². The molecule has 0 saturated heterocycles. The third kappa shape index (κ3) is 1.38. The molecular weight excluding hydrogens is 194 g/mol. The first-order valence-corrected chi connectivity index (χ1v) is 4.58. The first-order chi connectivity index (χ1) is 7.31. The first-order valence-electron chi connectivity index (χ1n) is 4.58. The molecule has 0 aliphatic carbocycles. The highest BCUT2D eigenvalue weighted by Crippen LogP contribution is 2.40. The Morgan fingerprint density at radius 2 is 1.80 bits per heavy atom.